The zero-order valence-electron chi connectivity index (χ0n) is 14.6. The molecule has 2 fully saturated rings. The number of hydrogen-bond donors (Lipinski definition) is 1. The van der Waals surface area contributed by atoms with Crippen molar-refractivity contribution in [3.05, 3.63) is 48.0 Å². The molecule has 1 aliphatic carbocycles. The third kappa shape index (κ3) is 3.80. The van der Waals surface area contributed by atoms with Gasteiger partial charge in [-0.2, -0.15) is 0 Å². The summed E-state index contributed by atoms with van der Waals surface area (Å²) < 4.78 is 6.15. The van der Waals surface area contributed by atoms with Crippen molar-refractivity contribution in [2.75, 3.05) is 25.0 Å². The van der Waals surface area contributed by atoms with E-state index in [1.54, 1.807) is 12.4 Å². The Bertz CT molecular complexity index is 695. The lowest BCUT2D eigenvalue weighted by Gasteiger charge is -2.39. The average Bonchev–Trinajstić information content (AvgIpc) is 3.05. The molecule has 0 radical (unpaired) electrons. The van der Waals surface area contributed by atoms with E-state index in [-0.39, 0.29) is 6.10 Å². The van der Waals surface area contributed by atoms with Gasteiger partial charge in [-0.05, 0) is 38.0 Å². The van der Waals surface area contributed by atoms with Crippen molar-refractivity contribution >= 4 is 5.95 Å². The van der Waals surface area contributed by atoms with Crippen molar-refractivity contribution in [2.45, 2.75) is 38.5 Å². The summed E-state index contributed by atoms with van der Waals surface area (Å²) in [4.78, 5) is 15.7. The number of aromatic nitrogens is 3. The van der Waals surface area contributed by atoms with E-state index in [4.69, 9.17) is 4.74 Å². The van der Waals surface area contributed by atoms with Gasteiger partial charge >= 0.3 is 0 Å². The maximum Gasteiger partial charge on any atom is 0.222 e. The fraction of sp³-hybridized carbons (Fsp3) is 0.526. The Morgan fingerprint density at radius 1 is 1.20 bits per heavy atom. The summed E-state index contributed by atoms with van der Waals surface area (Å²) in [6.45, 7) is 5.61. The van der Waals surface area contributed by atoms with Gasteiger partial charge in [0, 0.05) is 49.7 Å². The van der Waals surface area contributed by atoms with Crippen molar-refractivity contribution in [3.63, 3.8) is 0 Å². The topological polar surface area (TPSA) is 63.2 Å². The first-order valence-corrected chi connectivity index (χ1v) is 9.09. The van der Waals surface area contributed by atoms with E-state index in [2.05, 4.69) is 50.3 Å². The standard InChI is InChI=1S/C19H25N5O/c1-14-4-2-5-16(23-14)13-24-10-11-25-18-15(6-7-17(18)24)12-22-19-20-8-3-9-21-19/h2-5,8-9,15,17-18H,6-7,10-13H2,1H3,(H,20,21,22)/t15-,17+,18+/m0/s1. The Hall–Kier alpha value is -2.05. The summed E-state index contributed by atoms with van der Waals surface area (Å²) in [7, 11) is 0. The van der Waals surface area contributed by atoms with Crippen molar-refractivity contribution in [1.82, 2.24) is 19.9 Å². The molecule has 6 nitrogen and oxygen atoms in total. The van der Waals surface area contributed by atoms with Crippen LogP contribution in [0.4, 0.5) is 5.95 Å². The zero-order chi connectivity index (χ0) is 17.1. The lowest BCUT2D eigenvalue weighted by molar-refractivity contribution is -0.0748. The lowest BCUT2D eigenvalue weighted by Crippen LogP contribution is -2.50. The van der Waals surface area contributed by atoms with E-state index in [1.807, 2.05) is 6.07 Å². The van der Waals surface area contributed by atoms with Crippen molar-refractivity contribution < 1.29 is 4.74 Å². The summed E-state index contributed by atoms with van der Waals surface area (Å²) >= 11 is 0. The van der Waals surface area contributed by atoms with E-state index in [9.17, 15) is 0 Å². The van der Waals surface area contributed by atoms with Crippen LogP contribution in [-0.4, -0.2) is 51.7 Å². The highest BCUT2D eigenvalue weighted by Gasteiger charge is 2.42. The highest BCUT2D eigenvalue weighted by molar-refractivity contribution is 5.22. The number of morpholine rings is 1. The molecule has 1 saturated carbocycles. The summed E-state index contributed by atoms with van der Waals surface area (Å²) in [5.41, 5.74) is 2.23. The van der Waals surface area contributed by atoms with Crippen LogP contribution in [0.1, 0.15) is 24.2 Å². The van der Waals surface area contributed by atoms with Crippen LogP contribution in [0.15, 0.2) is 36.7 Å². The average molecular weight is 339 g/mol. The molecule has 6 heteroatoms. The Morgan fingerprint density at radius 3 is 2.92 bits per heavy atom. The number of hydrogen-bond acceptors (Lipinski definition) is 6. The Balaban J connectivity index is 1.38. The summed E-state index contributed by atoms with van der Waals surface area (Å²) in [6.07, 6.45) is 6.17. The summed E-state index contributed by atoms with van der Waals surface area (Å²) in [5, 5.41) is 3.36. The molecule has 3 atom stereocenters. The quantitative estimate of drug-likeness (QED) is 0.902. The number of aryl methyl sites for hydroxylation is 1. The zero-order valence-corrected chi connectivity index (χ0v) is 14.6. The van der Waals surface area contributed by atoms with E-state index in [0.29, 0.717) is 17.9 Å². The number of rotatable bonds is 5. The fourth-order valence-electron chi connectivity index (χ4n) is 4.06. The monoisotopic (exact) mass is 339 g/mol. The van der Waals surface area contributed by atoms with Crippen LogP contribution >= 0.6 is 0 Å². The number of nitrogens with zero attached hydrogens (tertiary/aromatic N) is 4. The van der Waals surface area contributed by atoms with E-state index in [0.717, 1.165) is 37.6 Å². The minimum absolute atomic E-state index is 0.287. The molecule has 25 heavy (non-hydrogen) atoms. The number of fused-ring (bicyclic) bond motifs is 1. The predicted octanol–water partition coefficient (Wildman–Crippen LogP) is 2.27. The number of ether oxygens (including phenoxy) is 1. The second-order valence-corrected chi connectivity index (χ2v) is 6.93. The fourth-order valence-corrected chi connectivity index (χ4v) is 4.06. The molecule has 0 bridgehead atoms. The molecular formula is C19H25N5O. The lowest BCUT2D eigenvalue weighted by atomic mass is 10.0. The molecule has 1 saturated heterocycles. The van der Waals surface area contributed by atoms with Gasteiger partial charge in [0.15, 0.2) is 0 Å². The predicted molar refractivity (Wildman–Crippen MR) is 96.2 cm³/mol. The normalized spacial score (nSPS) is 26.4. The van der Waals surface area contributed by atoms with Crippen molar-refractivity contribution in [1.29, 1.82) is 0 Å². The maximum absolute atomic E-state index is 6.15. The van der Waals surface area contributed by atoms with Crippen LogP contribution in [0, 0.1) is 12.8 Å². The highest BCUT2D eigenvalue weighted by atomic mass is 16.5. The molecule has 0 amide bonds. The van der Waals surface area contributed by atoms with Crippen LogP contribution in [0.5, 0.6) is 0 Å². The van der Waals surface area contributed by atoms with Gasteiger partial charge in [-0.1, -0.05) is 6.07 Å². The van der Waals surface area contributed by atoms with Crippen LogP contribution in [0.3, 0.4) is 0 Å². The van der Waals surface area contributed by atoms with Gasteiger partial charge in [0.1, 0.15) is 0 Å². The van der Waals surface area contributed by atoms with Gasteiger partial charge in [-0.15, -0.1) is 0 Å². The minimum atomic E-state index is 0.287. The van der Waals surface area contributed by atoms with Gasteiger partial charge in [0.05, 0.1) is 18.4 Å². The van der Waals surface area contributed by atoms with E-state index < -0.39 is 0 Å². The molecular weight excluding hydrogens is 314 g/mol. The summed E-state index contributed by atoms with van der Waals surface area (Å²) in [6, 6.07) is 8.58. The smallest absolute Gasteiger partial charge is 0.222 e. The first kappa shape index (κ1) is 16.4. The number of anilines is 1. The third-order valence-electron chi connectivity index (χ3n) is 5.23. The molecule has 2 aromatic rings. The number of nitrogens with one attached hydrogen (secondary N) is 1. The third-order valence-corrected chi connectivity index (χ3v) is 5.23. The second kappa shape index (κ2) is 7.45. The maximum atomic E-state index is 6.15. The molecule has 132 valence electrons. The molecule has 0 unspecified atom stereocenters. The highest BCUT2D eigenvalue weighted by Crippen LogP contribution is 2.35. The SMILES string of the molecule is Cc1cccc(CN2CCO[C@@H]3[C@H](CNc4ncccn4)CC[C@H]32)n1. The van der Waals surface area contributed by atoms with Gasteiger partial charge in [-0.25, -0.2) is 9.97 Å². The molecule has 1 aliphatic heterocycles. The van der Waals surface area contributed by atoms with Gasteiger partial charge in [-0.3, -0.25) is 9.88 Å². The van der Waals surface area contributed by atoms with Crippen LogP contribution in [0.25, 0.3) is 0 Å². The molecule has 2 aliphatic rings. The van der Waals surface area contributed by atoms with Gasteiger partial charge in [0.2, 0.25) is 5.95 Å². The molecule has 1 N–H and O–H groups in total. The molecule has 2 aromatic heterocycles. The molecule has 4 rings (SSSR count). The van der Waals surface area contributed by atoms with Crippen LogP contribution < -0.4 is 5.32 Å². The van der Waals surface area contributed by atoms with Gasteiger partial charge in [0.25, 0.3) is 0 Å². The first-order valence-electron chi connectivity index (χ1n) is 9.09. The number of pyridine rings is 1. The van der Waals surface area contributed by atoms with Crippen LogP contribution in [-0.2, 0) is 11.3 Å². The Morgan fingerprint density at radius 2 is 2.08 bits per heavy atom. The Kier molecular flexibility index (Phi) is 4.90. The first-order chi connectivity index (χ1) is 12.3. The van der Waals surface area contributed by atoms with Gasteiger partial charge < -0.3 is 10.1 Å². The van der Waals surface area contributed by atoms with Crippen LogP contribution in [0.2, 0.25) is 0 Å². The molecule has 3 heterocycles. The summed E-state index contributed by atoms with van der Waals surface area (Å²) in [5.74, 6) is 1.20. The van der Waals surface area contributed by atoms with E-state index in [1.165, 1.54) is 12.8 Å². The second-order valence-electron chi connectivity index (χ2n) is 6.93. The van der Waals surface area contributed by atoms with Crippen molar-refractivity contribution in [2.24, 2.45) is 5.92 Å². The van der Waals surface area contributed by atoms with E-state index >= 15 is 0 Å². The van der Waals surface area contributed by atoms with Crippen molar-refractivity contribution in [3.8, 4) is 0 Å². The molecule has 0 aromatic carbocycles. The molecule has 0 spiro atoms. The minimum Gasteiger partial charge on any atom is -0.375 e. The Labute approximate surface area is 148 Å². The largest absolute Gasteiger partial charge is 0.375 e.